The zero-order chi connectivity index (χ0) is 20.5. The van der Waals surface area contributed by atoms with Gasteiger partial charge in [0.15, 0.2) is 5.69 Å². The van der Waals surface area contributed by atoms with Crippen molar-refractivity contribution in [2.45, 2.75) is 26.9 Å². The Labute approximate surface area is 160 Å². The summed E-state index contributed by atoms with van der Waals surface area (Å²) < 4.78 is 40.7. The first kappa shape index (κ1) is 19.6. The molecular formula is C20H19F3N4O. The van der Waals surface area contributed by atoms with Gasteiger partial charge in [-0.2, -0.15) is 13.2 Å². The van der Waals surface area contributed by atoms with E-state index in [2.05, 4.69) is 10.3 Å². The van der Waals surface area contributed by atoms with E-state index in [1.807, 2.05) is 39.0 Å². The Balaban J connectivity index is 1.97. The monoisotopic (exact) mass is 388 g/mol. The predicted octanol–water partition coefficient (Wildman–Crippen LogP) is 4.57. The normalized spacial score (nSPS) is 11.5. The first-order valence-corrected chi connectivity index (χ1v) is 8.70. The molecule has 3 rings (SSSR count). The number of amides is 1. The Morgan fingerprint density at radius 3 is 2.50 bits per heavy atom. The second-order valence-electron chi connectivity index (χ2n) is 6.40. The van der Waals surface area contributed by atoms with Crippen molar-refractivity contribution in [1.82, 2.24) is 15.0 Å². The largest absolute Gasteiger partial charge is 0.418 e. The molecule has 0 aliphatic rings. The molecule has 0 saturated carbocycles. The highest BCUT2D eigenvalue weighted by molar-refractivity contribution is 6.05. The highest BCUT2D eigenvalue weighted by Gasteiger charge is 2.34. The van der Waals surface area contributed by atoms with Crippen LogP contribution >= 0.6 is 0 Å². The maximum Gasteiger partial charge on any atom is 0.418 e. The summed E-state index contributed by atoms with van der Waals surface area (Å²) in [6.07, 6.45) is -3.32. The number of nitrogens with zero attached hydrogens (tertiary/aromatic N) is 4. The molecule has 0 radical (unpaired) electrons. The van der Waals surface area contributed by atoms with E-state index in [0.717, 1.165) is 27.6 Å². The molecule has 0 atom stereocenters. The Bertz CT molecular complexity index is 1010. The van der Waals surface area contributed by atoms with Crippen molar-refractivity contribution in [3.05, 3.63) is 71.0 Å². The second-order valence-corrected chi connectivity index (χ2v) is 6.40. The maximum absolute atomic E-state index is 13.2. The lowest BCUT2D eigenvalue weighted by atomic mass is 10.1. The topological polar surface area (TPSA) is 51.0 Å². The molecule has 1 amide bonds. The van der Waals surface area contributed by atoms with Crippen LogP contribution in [0.3, 0.4) is 0 Å². The molecule has 0 fully saturated rings. The van der Waals surface area contributed by atoms with Crippen LogP contribution in [0.4, 0.5) is 18.9 Å². The molecule has 2 aromatic carbocycles. The van der Waals surface area contributed by atoms with Gasteiger partial charge in [-0.05, 0) is 44.5 Å². The van der Waals surface area contributed by atoms with Gasteiger partial charge in [0, 0.05) is 12.2 Å². The Hall–Kier alpha value is -3.16. The molecule has 0 aliphatic carbocycles. The maximum atomic E-state index is 13.2. The van der Waals surface area contributed by atoms with Crippen LogP contribution in [0.1, 0.15) is 34.1 Å². The summed E-state index contributed by atoms with van der Waals surface area (Å²) in [4.78, 5) is 14.5. The lowest BCUT2D eigenvalue weighted by Gasteiger charge is -2.22. The van der Waals surface area contributed by atoms with E-state index in [-0.39, 0.29) is 11.4 Å². The number of benzene rings is 2. The van der Waals surface area contributed by atoms with Crippen LogP contribution in [-0.4, -0.2) is 27.4 Å². The third-order valence-corrected chi connectivity index (χ3v) is 4.37. The molecule has 0 bridgehead atoms. The van der Waals surface area contributed by atoms with E-state index < -0.39 is 17.6 Å². The van der Waals surface area contributed by atoms with Gasteiger partial charge in [0.1, 0.15) is 0 Å². The Morgan fingerprint density at radius 1 is 1.14 bits per heavy atom. The van der Waals surface area contributed by atoms with Crippen LogP contribution in [0.5, 0.6) is 0 Å². The number of carbonyl (C=O) groups excluding carboxylic acids is 1. The van der Waals surface area contributed by atoms with Crippen molar-refractivity contribution in [2.75, 3.05) is 11.4 Å². The number of halogens is 3. The van der Waals surface area contributed by atoms with E-state index in [1.54, 1.807) is 0 Å². The summed E-state index contributed by atoms with van der Waals surface area (Å²) in [7, 11) is 0. The number of anilines is 1. The Kier molecular flexibility index (Phi) is 5.22. The van der Waals surface area contributed by atoms with Crippen LogP contribution < -0.4 is 4.90 Å². The van der Waals surface area contributed by atoms with E-state index in [1.165, 1.54) is 29.3 Å². The first-order valence-electron chi connectivity index (χ1n) is 8.70. The number of para-hydroxylation sites is 1. The van der Waals surface area contributed by atoms with E-state index in [4.69, 9.17) is 0 Å². The lowest BCUT2D eigenvalue weighted by molar-refractivity contribution is -0.137. The molecule has 146 valence electrons. The number of hydrogen-bond acceptors (Lipinski definition) is 3. The van der Waals surface area contributed by atoms with Gasteiger partial charge in [-0.15, -0.1) is 5.10 Å². The van der Waals surface area contributed by atoms with Crippen LogP contribution in [0, 0.1) is 13.8 Å². The minimum Gasteiger partial charge on any atom is -0.307 e. The molecule has 0 spiro atoms. The number of aryl methyl sites for hydroxylation is 2. The summed E-state index contributed by atoms with van der Waals surface area (Å²) >= 11 is 0. The zero-order valence-electron chi connectivity index (χ0n) is 15.7. The summed E-state index contributed by atoms with van der Waals surface area (Å²) in [5.74, 6) is -0.426. The van der Waals surface area contributed by atoms with Crippen molar-refractivity contribution in [3.8, 4) is 5.69 Å². The average molecular weight is 388 g/mol. The summed E-state index contributed by atoms with van der Waals surface area (Å²) in [5, 5.41) is 7.56. The number of rotatable bonds is 4. The first-order chi connectivity index (χ1) is 13.2. The van der Waals surface area contributed by atoms with E-state index in [9.17, 15) is 18.0 Å². The van der Waals surface area contributed by atoms with E-state index >= 15 is 0 Å². The minimum absolute atomic E-state index is 0.0289. The van der Waals surface area contributed by atoms with Crippen molar-refractivity contribution in [1.29, 1.82) is 0 Å². The number of hydrogen-bond donors (Lipinski definition) is 0. The van der Waals surface area contributed by atoms with Gasteiger partial charge < -0.3 is 4.90 Å². The number of alkyl halides is 3. The molecule has 0 saturated heterocycles. The fourth-order valence-electron chi connectivity index (χ4n) is 3.06. The predicted molar refractivity (Wildman–Crippen MR) is 99.6 cm³/mol. The van der Waals surface area contributed by atoms with Crippen LogP contribution in [0.25, 0.3) is 5.69 Å². The number of aromatic nitrogens is 3. The van der Waals surface area contributed by atoms with Crippen LogP contribution in [-0.2, 0) is 6.18 Å². The fraction of sp³-hybridized carbons (Fsp3) is 0.250. The van der Waals surface area contributed by atoms with Crippen molar-refractivity contribution >= 4 is 11.6 Å². The molecule has 1 aromatic heterocycles. The molecule has 5 nitrogen and oxygen atoms in total. The third kappa shape index (κ3) is 3.76. The van der Waals surface area contributed by atoms with Gasteiger partial charge in [0.05, 0.1) is 17.4 Å². The lowest BCUT2D eigenvalue weighted by Crippen LogP contribution is -2.31. The van der Waals surface area contributed by atoms with Crippen LogP contribution in [0.2, 0.25) is 0 Å². The van der Waals surface area contributed by atoms with Gasteiger partial charge in [0.25, 0.3) is 5.91 Å². The fourth-order valence-corrected chi connectivity index (χ4v) is 3.06. The van der Waals surface area contributed by atoms with Gasteiger partial charge in [-0.25, -0.2) is 4.68 Å². The molecular weight excluding hydrogens is 369 g/mol. The van der Waals surface area contributed by atoms with Crippen molar-refractivity contribution in [3.63, 3.8) is 0 Å². The van der Waals surface area contributed by atoms with Gasteiger partial charge >= 0.3 is 6.18 Å². The summed E-state index contributed by atoms with van der Waals surface area (Å²) in [6.45, 7) is 6.06. The third-order valence-electron chi connectivity index (χ3n) is 4.37. The average Bonchev–Trinajstić information content (AvgIpc) is 3.13. The SMILES string of the molecule is CCN(C(=O)c1cn(-c2ccccc2C(F)(F)F)nn1)c1ccc(C)cc1C. The molecule has 3 aromatic rings. The highest BCUT2D eigenvalue weighted by atomic mass is 19.4. The molecule has 0 aliphatic heterocycles. The highest BCUT2D eigenvalue weighted by Crippen LogP contribution is 2.33. The van der Waals surface area contributed by atoms with Crippen molar-refractivity contribution < 1.29 is 18.0 Å². The second kappa shape index (κ2) is 7.46. The van der Waals surface area contributed by atoms with Gasteiger partial charge in [0.2, 0.25) is 0 Å². The quantitative estimate of drug-likeness (QED) is 0.658. The van der Waals surface area contributed by atoms with Crippen molar-refractivity contribution in [2.24, 2.45) is 0 Å². The summed E-state index contributed by atoms with van der Waals surface area (Å²) in [5.41, 5.74) is 1.66. The smallest absolute Gasteiger partial charge is 0.307 e. The van der Waals surface area contributed by atoms with Crippen LogP contribution in [0.15, 0.2) is 48.7 Å². The van der Waals surface area contributed by atoms with Gasteiger partial charge in [-0.3, -0.25) is 4.79 Å². The van der Waals surface area contributed by atoms with E-state index in [0.29, 0.717) is 6.54 Å². The molecule has 8 heteroatoms. The molecule has 0 unspecified atom stereocenters. The molecule has 28 heavy (non-hydrogen) atoms. The summed E-state index contributed by atoms with van der Waals surface area (Å²) in [6, 6.07) is 10.7. The standard InChI is InChI=1S/C20H19F3N4O/c1-4-26(17-10-9-13(2)11-14(17)3)19(28)16-12-27(25-24-16)18-8-6-5-7-15(18)20(21,22)23/h5-12H,4H2,1-3H3. The Morgan fingerprint density at radius 2 is 1.86 bits per heavy atom. The zero-order valence-corrected chi connectivity index (χ0v) is 15.7. The number of carbonyl (C=O) groups is 1. The minimum atomic E-state index is -4.54. The molecule has 1 heterocycles. The van der Waals surface area contributed by atoms with Gasteiger partial charge in [-0.1, -0.05) is 35.0 Å². The molecule has 0 N–H and O–H groups in total.